The van der Waals surface area contributed by atoms with E-state index in [0.29, 0.717) is 0 Å². The number of ether oxygens (including phenoxy) is 1. The number of nitrogens with one attached hydrogen (secondary N) is 1. The predicted octanol–water partition coefficient (Wildman–Crippen LogP) is 3.11. The summed E-state index contributed by atoms with van der Waals surface area (Å²) in [4.78, 5) is 8.39. The van der Waals surface area contributed by atoms with Gasteiger partial charge in [0.05, 0.1) is 12.6 Å². The van der Waals surface area contributed by atoms with E-state index in [1.54, 1.807) is 7.11 Å². The van der Waals surface area contributed by atoms with Gasteiger partial charge in [-0.05, 0) is 37.6 Å². The molecule has 1 aromatic carbocycles. The van der Waals surface area contributed by atoms with Crippen LogP contribution >= 0.6 is 11.6 Å². The number of hydrogen-bond acceptors (Lipinski definition) is 4. The van der Waals surface area contributed by atoms with E-state index in [9.17, 15) is 0 Å². The van der Waals surface area contributed by atoms with Crippen molar-refractivity contribution in [1.82, 2.24) is 9.97 Å². The maximum absolute atomic E-state index is 5.90. The van der Waals surface area contributed by atoms with Crippen molar-refractivity contribution in [3.05, 3.63) is 23.5 Å². The summed E-state index contributed by atoms with van der Waals surface area (Å²) in [5, 5.41) is 4.41. The summed E-state index contributed by atoms with van der Waals surface area (Å²) in [5.74, 6) is 1.50. The van der Waals surface area contributed by atoms with Gasteiger partial charge in [-0.1, -0.05) is 0 Å². The van der Waals surface area contributed by atoms with Gasteiger partial charge in [0.25, 0.3) is 0 Å². The van der Waals surface area contributed by atoms with Gasteiger partial charge in [-0.3, -0.25) is 0 Å². The van der Waals surface area contributed by atoms with E-state index >= 15 is 0 Å². The Labute approximate surface area is 105 Å². The molecule has 17 heavy (non-hydrogen) atoms. The number of aromatic nitrogens is 2. The summed E-state index contributed by atoms with van der Waals surface area (Å²) in [6.07, 6.45) is 0. The molecule has 5 heteroatoms. The fourth-order valence-corrected chi connectivity index (χ4v) is 1.77. The van der Waals surface area contributed by atoms with Crippen LogP contribution in [0.25, 0.3) is 10.9 Å². The lowest BCUT2D eigenvalue weighted by Crippen LogP contribution is -2.11. The third-order valence-corrected chi connectivity index (χ3v) is 2.47. The van der Waals surface area contributed by atoms with Gasteiger partial charge in [-0.15, -0.1) is 0 Å². The van der Waals surface area contributed by atoms with Crippen molar-refractivity contribution in [2.45, 2.75) is 19.9 Å². The normalized spacial score (nSPS) is 10.9. The lowest BCUT2D eigenvalue weighted by atomic mass is 10.2. The Balaban J connectivity index is 2.59. The summed E-state index contributed by atoms with van der Waals surface area (Å²) in [7, 11) is 1.62. The van der Waals surface area contributed by atoms with Crippen LogP contribution in [0.5, 0.6) is 5.75 Å². The molecular formula is C12H14ClN3O. The standard InChI is InChI=1S/C12H14ClN3O/c1-7(2)14-11-9-5-4-8(17-3)6-10(9)15-12(13)16-11/h4-7H,1-3H3,(H,14,15,16). The first-order valence-corrected chi connectivity index (χ1v) is 5.76. The Hall–Kier alpha value is -1.55. The van der Waals surface area contributed by atoms with Crippen LogP contribution in [0, 0.1) is 0 Å². The molecule has 1 heterocycles. The van der Waals surface area contributed by atoms with E-state index in [1.807, 2.05) is 32.0 Å². The molecule has 0 unspecified atom stereocenters. The van der Waals surface area contributed by atoms with Crippen LogP contribution in [-0.2, 0) is 0 Å². The average Bonchev–Trinajstić information content (AvgIpc) is 2.27. The molecule has 2 rings (SSSR count). The Bertz CT molecular complexity index is 543. The molecule has 4 nitrogen and oxygen atoms in total. The second kappa shape index (κ2) is 4.75. The molecule has 0 radical (unpaired) electrons. The fraction of sp³-hybridized carbons (Fsp3) is 0.333. The van der Waals surface area contributed by atoms with Crippen molar-refractivity contribution in [2.24, 2.45) is 0 Å². The second-order valence-electron chi connectivity index (χ2n) is 4.02. The Morgan fingerprint density at radius 1 is 1.29 bits per heavy atom. The van der Waals surface area contributed by atoms with Crippen molar-refractivity contribution < 1.29 is 4.74 Å². The van der Waals surface area contributed by atoms with Gasteiger partial charge in [-0.2, -0.15) is 0 Å². The Morgan fingerprint density at radius 3 is 2.71 bits per heavy atom. The van der Waals surface area contributed by atoms with E-state index in [0.717, 1.165) is 22.5 Å². The van der Waals surface area contributed by atoms with Gasteiger partial charge in [0.1, 0.15) is 11.6 Å². The molecule has 90 valence electrons. The van der Waals surface area contributed by atoms with E-state index in [1.165, 1.54) is 0 Å². The number of benzene rings is 1. The highest BCUT2D eigenvalue weighted by Gasteiger charge is 2.08. The minimum absolute atomic E-state index is 0.230. The molecule has 0 bridgehead atoms. The van der Waals surface area contributed by atoms with Crippen molar-refractivity contribution in [3.63, 3.8) is 0 Å². The minimum Gasteiger partial charge on any atom is -0.497 e. The average molecular weight is 252 g/mol. The monoisotopic (exact) mass is 251 g/mol. The van der Waals surface area contributed by atoms with E-state index < -0.39 is 0 Å². The van der Waals surface area contributed by atoms with Gasteiger partial charge >= 0.3 is 0 Å². The minimum atomic E-state index is 0.230. The van der Waals surface area contributed by atoms with Crippen LogP contribution < -0.4 is 10.1 Å². The molecule has 1 N–H and O–H groups in total. The fourth-order valence-electron chi connectivity index (χ4n) is 1.59. The topological polar surface area (TPSA) is 47.0 Å². The third-order valence-electron chi connectivity index (χ3n) is 2.30. The molecule has 0 amide bonds. The largest absolute Gasteiger partial charge is 0.497 e. The second-order valence-corrected chi connectivity index (χ2v) is 4.36. The van der Waals surface area contributed by atoms with Gasteiger partial charge in [0, 0.05) is 17.5 Å². The molecule has 0 aliphatic heterocycles. The number of nitrogens with zero attached hydrogens (tertiary/aromatic N) is 2. The summed E-state index contributed by atoms with van der Waals surface area (Å²) in [6, 6.07) is 5.93. The maximum Gasteiger partial charge on any atom is 0.224 e. The van der Waals surface area contributed by atoms with Gasteiger partial charge in [0.15, 0.2) is 0 Å². The highest BCUT2D eigenvalue weighted by molar-refractivity contribution is 6.28. The summed E-state index contributed by atoms with van der Waals surface area (Å²) >= 11 is 5.90. The van der Waals surface area contributed by atoms with Gasteiger partial charge < -0.3 is 10.1 Å². The lowest BCUT2D eigenvalue weighted by molar-refractivity contribution is 0.415. The van der Waals surface area contributed by atoms with E-state index in [2.05, 4.69) is 15.3 Å². The Kier molecular flexibility index (Phi) is 3.33. The number of anilines is 1. The summed E-state index contributed by atoms with van der Waals surface area (Å²) in [5.41, 5.74) is 0.771. The molecule has 1 aromatic heterocycles. The SMILES string of the molecule is COc1ccc2c(NC(C)C)nc(Cl)nc2c1. The van der Waals surface area contributed by atoms with Crippen LogP contribution in [0.4, 0.5) is 5.82 Å². The molecule has 0 fully saturated rings. The first kappa shape index (κ1) is 11.9. The van der Waals surface area contributed by atoms with Crippen LogP contribution in [-0.4, -0.2) is 23.1 Å². The summed E-state index contributed by atoms with van der Waals surface area (Å²) < 4.78 is 5.16. The third kappa shape index (κ3) is 2.58. The number of fused-ring (bicyclic) bond motifs is 1. The quantitative estimate of drug-likeness (QED) is 0.852. The molecule has 0 saturated carbocycles. The van der Waals surface area contributed by atoms with Crippen molar-refractivity contribution in [2.75, 3.05) is 12.4 Å². The van der Waals surface area contributed by atoms with Crippen molar-refractivity contribution >= 4 is 28.3 Å². The highest BCUT2D eigenvalue weighted by Crippen LogP contribution is 2.26. The molecule has 0 aliphatic carbocycles. The number of hydrogen-bond donors (Lipinski definition) is 1. The smallest absolute Gasteiger partial charge is 0.224 e. The maximum atomic E-state index is 5.90. The molecule has 0 spiro atoms. The zero-order chi connectivity index (χ0) is 12.4. The number of methoxy groups -OCH3 is 1. The molecule has 0 saturated heterocycles. The van der Waals surface area contributed by atoms with E-state index in [-0.39, 0.29) is 11.3 Å². The predicted molar refractivity (Wildman–Crippen MR) is 69.9 cm³/mol. The van der Waals surface area contributed by atoms with E-state index in [4.69, 9.17) is 16.3 Å². The van der Waals surface area contributed by atoms with Gasteiger partial charge in [-0.25, -0.2) is 9.97 Å². The van der Waals surface area contributed by atoms with Gasteiger partial charge in [0.2, 0.25) is 5.28 Å². The van der Waals surface area contributed by atoms with Crippen molar-refractivity contribution in [1.29, 1.82) is 0 Å². The van der Waals surface area contributed by atoms with Crippen LogP contribution in [0.2, 0.25) is 5.28 Å². The first-order valence-electron chi connectivity index (χ1n) is 5.38. The number of halogens is 1. The molecular weight excluding hydrogens is 238 g/mol. The van der Waals surface area contributed by atoms with Crippen LogP contribution in [0.1, 0.15) is 13.8 Å². The molecule has 0 atom stereocenters. The molecule has 2 aromatic rings. The lowest BCUT2D eigenvalue weighted by Gasteiger charge is -2.12. The summed E-state index contributed by atoms with van der Waals surface area (Å²) in [6.45, 7) is 4.09. The first-order chi connectivity index (χ1) is 8.10. The highest BCUT2D eigenvalue weighted by atomic mass is 35.5. The zero-order valence-corrected chi connectivity index (χ0v) is 10.7. The van der Waals surface area contributed by atoms with Crippen molar-refractivity contribution in [3.8, 4) is 5.75 Å². The van der Waals surface area contributed by atoms with Crippen LogP contribution in [0.3, 0.4) is 0 Å². The Morgan fingerprint density at radius 2 is 2.06 bits per heavy atom. The molecule has 0 aliphatic rings. The van der Waals surface area contributed by atoms with Crippen LogP contribution in [0.15, 0.2) is 18.2 Å². The zero-order valence-electron chi connectivity index (χ0n) is 9.99. The number of rotatable bonds is 3.